The van der Waals surface area contributed by atoms with Crippen molar-refractivity contribution in [3.8, 4) is 0 Å². The molecule has 0 fully saturated rings. The van der Waals surface area contributed by atoms with E-state index in [4.69, 9.17) is 10.2 Å². The highest BCUT2D eigenvalue weighted by molar-refractivity contribution is 5.73. The van der Waals surface area contributed by atoms with E-state index in [1.807, 2.05) is 13.0 Å². The van der Waals surface area contributed by atoms with E-state index in [1.54, 1.807) is 0 Å². The first-order chi connectivity index (χ1) is 9.04. The van der Waals surface area contributed by atoms with Crippen LogP contribution in [0.1, 0.15) is 31.2 Å². The number of benzene rings is 1. The second-order valence-electron chi connectivity index (χ2n) is 5.39. The molecule has 0 aliphatic carbocycles. The van der Waals surface area contributed by atoms with Crippen LogP contribution < -0.4 is 5.73 Å². The third-order valence-electron chi connectivity index (χ3n) is 3.21. The number of hydrogen-bond acceptors (Lipinski definition) is 4. The van der Waals surface area contributed by atoms with Crippen molar-refractivity contribution >= 4 is 11.1 Å². The average Bonchev–Trinajstić information content (AvgIpc) is 2.67. The summed E-state index contributed by atoms with van der Waals surface area (Å²) in [4.78, 5) is 6.62. The molecule has 1 aromatic carbocycles. The fourth-order valence-electron chi connectivity index (χ4n) is 2.26. The van der Waals surface area contributed by atoms with Crippen molar-refractivity contribution in [3.05, 3.63) is 29.7 Å². The summed E-state index contributed by atoms with van der Waals surface area (Å²) in [5, 5.41) is 0. The molecule has 2 rings (SSSR count). The zero-order valence-corrected chi connectivity index (χ0v) is 12.0. The first-order valence-electron chi connectivity index (χ1n) is 6.85. The number of hydrogen-bond donors (Lipinski definition) is 1. The van der Waals surface area contributed by atoms with Gasteiger partial charge in [-0.05, 0) is 51.1 Å². The summed E-state index contributed by atoms with van der Waals surface area (Å²) >= 11 is 0. The van der Waals surface area contributed by atoms with Gasteiger partial charge >= 0.3 is 0 Å². The average molecular weight is 261 g/mol. The Morgan fingerprint density at radius 2 is 2.21 bits per heavy atom. The predicted octanol–water partition coefficient (Wildman–Crippen LogP) is 2.70. The van der Waals surface area contributed by atoms with Gasteiger partial charge in [0, 0.05) is 19.5 Å². The monoisotopic (exact) mass is 261 g/mol. The smallest absolute Gasteiger partial charge is 0.192 e. The van der Waals surface area contributed by atoms with Gasteiger partial charge in [0.15, 0.2) is 11.5 Å². The zero-order chi connectivity index (χ0) is 13.8. The number of aromatic nitrogens is 1. The maximum atomic E-state index is 5.76. The van der Waals surface area contributed by atoms with Crippen LogP contribution >= 0.6 is 0 Å². The number of nitrogens with zero attached hydrogens (tertiary/aromatic N) is 2. The number of aryl methyl sites for hydroxylation is 1. The molecule has 0 aliphatic heterocycles. The number of rotatable bonds is 6. The molecule has 2 aromatic rings. The highest BCUT2D eigenvalue weighted by Gasteiger charge is 2.05. The normalized spacial score (nSPS) is 13.3. The molecule has 0 amide bonds. The maximum absolute atomic E-state index is 5.76. The summed E-state index contributed by atoms with van der Waals surface area (Å²) in [5.74, 6) is 0.720. The lowest BCUT2D eigenvalue weighted by Gasteiger charge is -2.17. The van der Waals surface area contributed by atoms with Crippen LogP contribution in [0.5, 0.6) is 0 Å². The first kappa shape index (κ1) is 14.0. The standard InChI is InChI=1S/C15H23N3O/c1-11(16)5-4-8-18(3)10-13-6-7-14-15(9-13)19-12(2)17-14/h6-7,9,11H,4-5,8,10,16H2,1-3H3. The van der Waals surface area contributed by atoms with Gasteiger partial charge in [0.25, 0.3) is 0 Å². The Balaban J connectivity index is 1.92. The molecule has 0 bridgehead atoms. The lowest BCUT2D eigenvalue weighted by atomic mass is 10.1. The van der Waals surface area contributed by atoms with Gasteiger partial charge in [0.2, 0.25) is 0 Å². The summed E-state index contributed by atoms with van der Waals surface area (Å²) in [7, 11) is 2.14. The summed E-state index contributed by atoms with van der Waals surface area (Å²) in [6.07, 6.45) is 2.21. The molecule has 104 valence electrons. The van der Waals surface area contributed by atoms with E-state index in [1.165, 1.54) is 5.56 Å². The Kier molecular flexibility index (Phi) is 4.56. The molecule has 0 radical (unpaired) electrons. The molecule has 0 saturated carbocycles. The minimum atomic E-state index is 0.293. The zero-order valence-electron chi connectivity index (χ0n) is 12.0. The van der Waals surface area contributed by atoms with Crippen LogP contribution in [-0.4, -0.2) is 29.5 Å². The molecule has 1 aromatic heterocycles. The highest BCUT2D eigenvalue weighted by Crippen LogP contribution is 2.17. The molecule has 4 nitrogen and oxygen atoms in total. The van der Waals surface area contributed by atoms with Crippen LogP contribution in [0.4, 0.5) is 0 Å². The van der Waals surface area contributed by atoms with Crippen LogP contribution in [0.2, 0.25) is 0 Å². The van der Waals surface area contributed by atoms with E-state index in [-0.39, 0.29) is 0 Å². The number of nitrogens with two attached hydrogens (primary N) is 1. The van der Waals surface area contributed by atoms with Crippen molar-refractivity contribution in [2.75, 3.05) is 13.6 Å². The van der Waals surface area contributed by atoms with Gasteiger partial charge in [-0.15, -0.1) is 0 Å². The molecule has 1 atom stereocenters. The molecule has 4 heteroatoms. The SMILES string of the molecule is Cc1nc2ccc(CN(C)CCCC(C)N)cc2o1. The topological polar surface area (TPSA) is 55.3 Å². The van der Waals surface area contributed by atoms with E-state index in [9.17, 15) is 0 Å². The lowest BCUT2D eigenvalue weighted by molar-refractivity contribution is 0.315. The second kappa shape index (κ2) is 6.17. The molecular formula is C15H23N3O. The van der Waals surface area contributed by atoms with Gasteiger partial charge in [-0.2, -0.15) is 0 Å². The van der Waals surface area contributed by atoms with Crippen molar-refractivity contribution in [1.29, 1.82) is 0 Å². The quantitative estimate of drug-likeness (QED) is 0.868. The Morgan fingerprint density at radius 1 is 1.42 bits per heavy atom. The fourth-order valence-corrected chi connectivity index (χ4v) is 2.26. The maximum Gasteiger partial charge on any atom is 0.192 e. The minimum absolute atomic E-state index is 0.293. The molecule has 0 spiro atoms. The van der Waals surface area contributed by atoms with Crippen LogP contribution in [-0.2, 0) is 6.54 Å². The van der Waals surface area contributed by atoms with Gasteiger partial charge in [-0.1, -0.05) is 6.07 Å². The van der Waals surface area contributed by atoms with E-state index >= 15 is 0 Å². The number of oxazole rings is 1. The Morgan fingerprint density at radius 3 is 2.95 bits per heavy atom. The van der Waals surface area contributed by atoms with Crippen molar-refractivity contribution < 1.29 is 4.42 Å². The molecule has 0 aliphatic rings. The minimum Gasteiger partial charge on any atom is -0.441 e. The summed E-state index contributed by atoms with van der Waals surface area (Å²) in [5.41, 5.74) is 8.82. The van der Waals surface area contributed by atoms with Crippen LogP contribution in [0.15, 0.2) is 22.6 Å². The third kappa shape index (κ3) is 4.04. The number of fused-ring (bicyclic) bond motifs is 1. The van der Waals surface area contributed by atoms with Crippen LogP contribution in [0.25, 0.3) is 11.1 Å². The van der Waals surface area contributed by atoms with Crippen LogP contribution in [0, 0.1) is 6.92 Å². The van der Waals surface area contributed by atoms with Gasteiger partial charge in [-0.25, -0.2) is 4.98 Å². The molecule has 1 heterocycles. The highest BCUT2D eigenvalue weighted by atomic mass is 16.3. The van der Waals surface area contributed by atoms with Gasteiger partial charge in [-0.3, -0.25) is 0 Å². The predicted molar refractivity (Wildman–Crippen MR) is 78.0 cm³/mol. The van der Waals surface area contributed by atoms with Gasteiger partial charge in [0.05, 0.1) is 0 Å². The van der Waals surface area contributed by atoms with Crippen LogP contribution in [0.3, 0.4) is 0 Å². The first-order valence-corrected chi connectivity index (χ1v) is 6.85. The van der Waals surface area contributed by atoms with E-state index in [2.05, 4.69) is 36.0 Å². The van der Waals surface area contributed by atoms with E-state index in [0.29, 0.717) is 6.04 Å². The summed E-state index contributed by atoms with van der Waals surface area (Å²) < 4.78 is 5.56. The van der Waals surface area contributed by atoms with Gasteiger partial charge in [0.1, 0.15) is 5.52 Å². The van der Waals surface area contributed by atoms with Crippen molar-refractivity contribution in [3.63, 3.8) is 0 Å². The molecule has 1 unspecified atom stereocenters. The summed E-state index contributed by atoms with van der Waals surface area (Å²) in [6.45, 7) is 5.92. The Bertz CT molecular complexity index is 533. The van der Waals surface area contributed by atoms with Crippen molar-refractivity contribution in [2.45, 2.75) is 39.3 Å². The molecule has 0 saturated heterocycles. The Labute approximate surface area is 114 Å². The molecular weight excluding hydrogens is 238 g/mol. The largest absolute Gasteiger partial charge is 0.441 e. The fraction of sp³-hybridized carbons (Fsp3) is 0.533. The van der Waals surface area contributed by atoms with Gasteiger partial charge < -0.3 is 15.1 Å². The summed E-state index contributed by atoms with van der Waals surface area (Å²) in [6, 6.07) is 6.52. The van der Waals surface area contributed by atoms with Crippen molar-refractivity contribution in [1.82, 2.24) is 9.88 Å². The van der Waals surface area contributed by atoms with E-state index in [0.717, 1.165) is 42.9 Å². The second-order valence-corrected chi connectivity index (χ2v) is 5.39. The third-order valence-corrected chi connectivity index (χ3v) is 3.21. The van der Waals surface area contributed by atoms with Crippen molar-refractivity contribution in [2.24, 2.45) is 5.73 Å². The van der Waals surface area contributed by atoms with E-state index < -0.39 is 0 Å². The molecule has 19 heavy (non-hydrogen) atoms. The molecule has 2 N–H and O–H groups in total. The Hall–Kier alpha value is -1.39. The lowest BCUT2D eigenvalue weighted by Crippen LogP contribution is -2.22.